The molecule has 3 heterocycles. The van der Waals surface area contributed by atoms with Crippen LogP contribution < -0.4 is 10.5 Å². The van der Waals surface area contributed by atoms with Crippen LogP contribution in [0.2, 0.25) is 0 Å². The van der Waals surface area contributed by atoms with Gasteiger partial charge in [-0.05, 0) is 44.7 Å². The van der Waals surface area contributed by atoms with E-state index in [0.29, 0.717) is 78.2 Å². The van der Waals surface area contributed by atoms with Crippen molar-refractivity contribution in [3.05, 3.63) is 44.6 Å². The molecule has 35 heavy (non-hydrogen) atoms. The maximum absolute atomic E-state index is 13.3. The number of nitrogens with zero attached hydrogens (tertiary/aromatic N) is 4. The third-order valence-electron chi connectivity index (χ3n) is 6.17. The number of carbonyl (C=O) groups is 2. The molecule has 1 aromatic rings. The number of nitriles is 1. The van der Waals surface area contributed by atoms with Crippen molar-refractivity contribution in [1.29, 1.82) is 5.26 Å². The topological polar surface area (TPSA) is 95.6 Å². The first-order valence-corrected chi connectivity index (χ1v) is 13.0. The molecule has 1 aromatic heterocycles. The molecule has 1 amide bonds. The molecule has 0 N–H and O–H groups in total. The lowest BCUT2D eigenvalue weighted by Gasteiger charge is -2.35. The van der Waals surface area contributed by atoms with Gasteiger partial charge in [-0.3, -0.25) is 23.9 Å². The second-order valence-corrected chi connectivity index (χ2v) is 10.1. The zero-order valence-electron chi connectivity index (χ0n) is 20.3. The lowest BCUT2D eigenvalue weighted by atomic mass is 9.95. The summed E-state index contributed by atoms with van der Waals surface area (Å²) in [6, 6.07) is 2.06. The average molecular weight is 515 g/mol. The van der Waals surface area contributed by atoms with Crippen LogP contribution in [0.3, 0.4) is 0 Å². The summed E-state index contributed by atoms with van der Waals surface area (Å²) in [5.41, 5.74) is 0.909. The quantitative estimate of drug-likeness (QED) is 0.225. The maximum Gasteiger partial charge on any atom is 0.309 e. The van der Waals surface area contributed by atoms with E-state index < -0.39 is 0 Å². The molecule has 2 aliphatic heterocycles. The number of pyridine rings is 1. The van der Waals surface area contributed by atoms with E-state index >= 15 is 0 Å². The standard InChI is InChI=1S/C25H30N4O4S2/c1-5-10-28-21(27-12-8-17(9-13-27)24(32)33-7-3)18(16(4)19(15-26)22(28)30)14-20-23(31)29(11-6-2)25(34)35-20/h6,14,17H,2,5,7-13H2,1,3-4H3/b20-14+. The van der Waals surface area contributed by atoms with Gasteiger partial charge < -0.3 is 9.64 Å². The van der Waals surface area contributed by atoms with E-state index in [9.17, 15) is 19.6 Å². The zero-order chi connectivity index (χ0) is 25.7. The van der Waals surface area contributed by atoms with Gasteiger partial charge in [0.15, 0.2) is 0 Å². The summed E-state index contributed by atoms with van der Waals surface area (Å²) < 4.78 is 7.27. The Morgan fingerprint density at radius 2 is 2.00 bits per heavy atom. The van der Waals surface area contributed by atoms with Gasteiger partial charge in [-0.25, -0.2) is 0 Å². The summed E-state index contributed by atoms with van der Waals surface area (Å²) in [6.45, 7) is 11.4. The number of thioether (sulfide) groups is 1. The molecule has 186 valence electrons. The van der Waals surface area contributed by atoms with Crippen molar-refractivity contribution >= 4 is 52.1 Å². The van der Waals surface area contributed by atoms with Crippen LogP contribution in [0.1, 0.15) is 49.8 Å². The molecular weight excluding hydrogens is 484 g/mol. The number of thiocarbonyl (C=S) groups is 1. The number of amides is 1. The number of rotatable bonds is 8. The Bertz CT molecular complexity index is 1170. The smallest absolute Gasteiger partial charge is 0.309 e. The van der Waals surface area contributed by atoms with Gasteiger partial charge in [0.2, 0.25) is 0 Å². The Hall–Kier alpha value is -2.90. The van der Waals surface area contributed by atoms with Crippen LogP contribution in [-0.2, 0) is 20.9 Å². The van der Waals surface area contributed by atoms with Gasteiger partial charge in [-0.15, -0.1) is 6.58 Å². The first-order valence-electron chi connectivity index (χ1n) is 11.7. The van der Waals surface area contributed by atoms with E-state index in [1.54, 1.807) is 30.6 Å². The molecule has 3 rings (SSSR count). The number of carbonyl (C=O) groups excluding carboxylic acids is 2. The summed E-state index contributed by atoms with van der Waals surface area (Å²) >= 11 is 6.58. The van der Waals surface area contributed by atoms with Crippen molar-refractivity contribution < 1.29 is 14.3 Å². The van der Waals surface area contributed by atoms with Gasteiger partial charge in [0.05, 0.1) is 17.4 Å². The van der Waals surface area contributed by atoms with E-state index in [4.69, 9.17) is 17.0 Å². The number of hydrogen-bond donors (Lipinski definition) is 0. The van der Waals surface area contributed by atoms with Crippen LogP contribution >= 0.6 is 24.0 Å². The SMILES string of the molecule is C=CCN1C(=O)/C(=C\c2c(C)c(C#N)c(=O)n(CCC)c2N2CCC(C(=O)OCC)CC2)SC1=S. The van der Waals surface area contributed by atoms with Crippen LogP contribution in [-0.4, -0.2) is 51.9 Å². The fourth-order valence-corrected chi connectivity index (χ4v) is 5.68. The molecule has 8 nitrogen and oxygen atoms in total. The molecule has 0 unspecified atom stereocenters. The fourth-order valence-electron chi connectivity index (χ4n) is 4.42. The summed E-state index contributed by atoms with van der Waals surface area (Å²) in [4.78, 5) is 42.5. The van der Waals surface area contributed by atoms with Crippen LogP contribution in [0.4, 0.5) is 5.82 Å². The lowest BCUT2D eigenvalue weighted by Crippen LogP contribution is -2.41. The molecule has 0 aromatic carbocycles. The molecule has 10 heteroatoms. The van der Waals surface area contributed by atoms with Gasteiger partial charge in [0, 0.05) is 31.7 Å². The van der Waals surface area contributed by atoms with Gasteiger partial charge in [0.25, 0.3) is 11.5 Å². The van der Waals surface area contributed by atoms with Crippen molar-refractivity contribution in [2.45, 2.75) is 46.6 Å². The molecular formula is C25H30N4O4S2. The Morgan fingerprint density at radius 1 is 1.31 bits per heavy atom. The van der Waals surface area contributed by atoms with Crippen LogP contribution in [0.5, 0.6) is 0 Å². The Morgan fingerprint density at radius 3 is 2.57 bits per heavy atom. The van der Waals surface area contributed by atoms with Crippen molar-refractivity contribution in [2.75, 3.05) is 31.1 Å². The van der Waals surface area contributed by atoms with E-state index in [1.807, 2.05) is 6.92 Å². The minimum absolute atomic E-state index is 0.0661. The Labute approximate surface area is 215 Å². The Balaban J connectivity index is 2.13. The fraction of sp³-hybridized carbons (Fsp3) is 0.480. The third kappa shape index (κ3) is 5.36. The molecule has 2 saturated heterocycles. The predicted octanol–water partition coefficient (Wildman–Crippen LogP) is 3.61. The molecule has 0 saturated carbocycles. The average Bonchev–Trinajstić information content (AvgIpc) is 3.10. The first kappa shape index (κ1) is 26.7. The largest absolute Gasteiger partial charge is 0.466 e. The monoisotopic (exact) mass is 514 g/mol. The summed E-state index contributed by atoms with van der Waals surface area (Å²) in [7, 11) is 0. The molecule has 0 aliphatic carbocycles. The van der Waals surface area contributed by atoms with Crippen LogP contribution in [0.15, 0.2) is 22.4 Å². The highest BCUT2D eigenvalue weighted by atomic mass is 32.2. The summed E-state index contributed by atoms with van der Waals surface area (Å²) in [5.74, 6) is 0.0681. The van der Waals surface area contributed by atoms with E-state index in [2.05, 4.69) is 17.5 Å². The lowest BCUT2D eigenvalue weighted by molar-refractivity contribution is -0.148. The molecule has 2 aliphatic rings. The number of ether oxygens (including phenoxy) is 1. The normalized spacial score (nSPS) is 17.7. The second kappa shape index (κ2) is 11.7. The second-order valence-electron chi connectivity index (χ2n) is 8.40. The van der Waals surface area contributed by atoms with E-state index in [-0.39, 0.29) is 28.9 Å². The summed E-state index contributed by atoms with van der Waals surface area (Å²) in [6.07, 6.45) is 5.25. The van der Waals surface area contributed by atoms with Crippen LogP contribution in [0.25, 0.3) is 6.08 Å². The number of hydrogen-bond acceptors (Lipinski definition) is 8. The highest BCUT2D eigenvalue weighted by Gasteiger charge is 2.34. The molecule has 0 radical (unpaired) electrons. The minimum atomic E-state index is -0.342. The summed E-state index contributed by atoms with van der Waals surface area (Å²) in [5, 5.41) is 9.77. The van der Waals surface area contributed by atoms with Gasteiger partial charge >= 0.3 is 5.97 Å². The van der Waals surface area contributed by atoms with Crippen molar-refractivity contribution in [1.82, 2.24) is 9.47 Å². The minimum Gasteiger partial charge on any atom is -0.466 e. The van der Waals surface area contributed by atoms with Gasteiger partial charge in [0.1, 0.15) is 21.8 Å². The molecule has 0 atom stereocenters. The number of piperidine rings is 1. The predicted molar refractivity (Wildman–Crippen MR) is 142 cm³/mol. The highest BCUT2D eigenvalue weighted by Crippen LogP contribution is 2.36. The van der Waals surface area contributed by atoms with Gasteiger partial charge in [-0.2, -0.15) is 5.26 Å². The first-order chi connectivity index (χ1) is 16.8. The van der Waals surface area contributed by atoms with Crippen molar-refractivity contribution in [2.24, 2.45) is 5.92 Å². The molecule has 0 spiro atoms. The zero-order valence-corrected chi connectivity index (χ0v) is 22.0. The number of anilines is 1. The van der Waals surface area contributed by atoms with Crippen molar-refractivity contribution in [3.8, 4) is 6.07 Å². The van der Waals surface area contributed by atoms with E-state index in [0.717, 1.165) is 0 Å². The molecule has 0 bridgehead atoms. The van der Waals surface area contributed by atoms with E-state index in [1.165, 1.54) is 16.7 Å². The van der Waals surface area contributed by atoms with Gasteiger partial charge in [-0.1, -0.05) is 37.0 Å². The van der Waals surface area contributed by atoms with Crippen molar-refractivity contribution in [3.63, 3.8) is 0 Å². The maximum atomic E-state index is 13.3. The third-order valence-corrected chi connectivity index (χ3v) is 7.55. The van der Waals surface area contributed by atoms with Crippen LogP contribution in [0, 0.1) is 24.2 Å². The number of aromatic nitrogens is 1. The Kier molecular flexibility index (Phi) is 8.92. The highest BCUT2D eigenvalue weighted by molar-refractivity contribution is 8.26. The molecule has 2 fully saturated rings. The number of esters is 1.